The molecule has 0 bridgehead atoms. The van der Waals surface area contributed by atoms with Gasteiger partial charge in [0.25, 0.3) is 5.89 Å². The second kappa shape index (κ2) is 7.57. The third kappa shape index (κ3) is 3.56. The number of benzene rings is 2. The fourth-order valence-electron chi connectivity index (χ4n) is 2.52. The van der Waals surface area contributed by atoms with E-state index in [1.54, 1.807) is 28.7 Å². The molecule has 6 nitrogen and oxygen atoms in total. The average molecular weight is 415 g/mol. The standard InChI is InChI=1S/C19H12ClFN4O2S/c1-28-13-4-2-3-12(10-13)25-8-7-16(26)17(23-25)19-22-18(24-27-19)11-5-6-14(20)15(21)9-11/h2-10H,1H3. The lowest BCUT2D eigenvalue weighted by molar-refractivity contribution is 0.429. The number of aromatic nitrogens is 4. The molecule has 2 aromatic carbocycles. The van der Waals surface area contributed by atoms with Crippen LogP contribution in [0.15, 0.2) is 68.9 Å². The maximum absolute atomic E-state index is 13.7. The highest BCUT2D eigenvalue weighted by Gasteiger charge is 2.17. The summed E-state index contributed by atoms with van der Waals surface area (Å²) in [5, 5.41) is 8.14. The van der Waals surface area contributed by atoms with Gasteiger partial charge in [0, 0.05) is 22.7 Å². The number of thioether (sulfide) groups is 1. The van der Waals surface area contributed by atoms with Crippen LogP contribution in [-0.4, -0.2) is 26.2 Å². The first kappa shape index (κ1) is 18.4. The number of nitrogens with zero attached hydrogens (tertiary/aromatic N) is 4. The van der Waals surface area contributed by atoms with Crippen molar-refractivity contribution >= 4 is 23.4 Å². The van der Waals surface area contributed by atoms with Gasteiger partial charge in [-0.05, 0) is 42.7 Å². The Morgan fingerprint density at radius 1 is 1.18 bits per heavy atom. The molecule has 140 valence electrons. The second-order valence-corrected chi connectivity index (χ2v) is 7.01. The van der Waals surface area contributed by atoms with E-state index in [1.807, 2.05) is 30.5 Å². The molecule has 2 aromatic heterocycles. The van der Waals surface area contributed by atoms with Crippen LogP contribution in [0.3, 0.4) is 0 Å². The van der Waals surface area contributed by atoms with Crippen molar-refractivity contribution in [2.75, 3.05) is 6.26 Å². The summed E-state index contributed by atoms with van der Waals surface area (Å²) in [6.07, 6.45) is 3.54. The Hall–Kier alpha value is -2.97. The van der Waals surface area contributed by atoms with E-state index < -0.39 is 5.82 Å². The molecular weight excluding hydrogens is 403 g/mol. The van der Waals surface area contributed by atoms with Gasteiger partial charge in [0.1, 0.15) is 5.82 Å². The molecule has 0 atom stereocenters. The number of hydrogen-bond donors (Lipinski definition) is 0. The minimum absolute atomic E-state index is 0.00485. The average Bonchev–Trinajstić information content (AvgIpc) is 3.20. The van der Waals surface area contributed by atoms with E-state index in [9.17, 15) is 9.18 Å². The Morgan fingerprint density at radius 2 is 2.04 bits per heavy atom. The predicted octanol–water partition coefficient (Wildman–Crippen LogP) is 4.46. The van der Waals surface area contributed by atoms with Gasteiger partial charge in [-0.2, -0.15) is 10.1 Å². The summed E-state index contributed by atoms with van der Waals surface area (Å²) in [6, 6.07) is 13.2. The van der Waals surface area contributed by atoms with E-state index in [4.69, 9.17) is 16.1 Å². The quantitative estimate of drug-likeness (QED) is 0.459. The summed E-state index contributed by atoms with van der Waals surface area (Å²) in [5.74, 6) is -0.517. The van der Waals surface area contributed by atoms with Crippen molar-refractivity contribution in [3.05, 3.63) is 75.8 Å². The van der Waals surface area contributed by atoms with Gasteiger partial charge in [-0.15, -0.1) is 11.8 Å². The normalized spacial score (nSPS) is 11.0. The highest BCUT2D eigenvalue weighted by Crippen LogP contribution is 2.24. The molecular formula is C19H12ClFN4O2S. The van der Waals surface area contributed by atoms with E-state index in [2.05, 4.69) is 15.2 Å². The molecule has 0 fully saturated rings. The SMILES string of the molecule is CSc1cccc(-n2ccc(=O)c(-c3nc(-c4ccc(Cl)c(F)c4)no3)n2)c1. The zero-order valence-corrected chi connectivity index (χ0v) is 16.0. The Balaban J connectivity index is 1.74. The van der Waals surface area contributed by atoms with Gasteiger partial charge < -0.3 is 4.52 Å². The summed E-state index contributed by atoms with van der Waals surface area (Å²) in [7, 11) is 0. The van der Waals surface area contributed by atoms with Crippen molar-refractivity contribution in [3.63, 3.8) is 0 Å². The Bertz CT molecular complexity index is 1220. The summed E-state index contributed by atoms with van der Waals surface area (Å²) < 4.78 is 20.4. The molecule has 0 amide bonds. The van der Waals surface area contributed by atoms with Gasteiger partial charge in [-0.25, -0.2) is 9.07 Å². The number of hydrogen-bond acceptors (Lipinski definition) is 6. The van der Waals surface area contributed by atoms with Crippen LogP contribution in [0.4, 0.5) is 4.39 Å². The Morgan fingerprint density at radius 3 is 2.82 bits per heavy atom. The fourth-order valence-corrected chi connectivity index (χ4v) is 3.10. The summed E-state index contributed by atoms with van der Waals surface area (Å²) >= 11 is 7.29. The van der Waals surface area contributed by atoms with Crippen LogP contribution in [0, 0.1) is 5.82 Å². The maximum Gasteiger partial charge on any atom is 0.282 e. The van der Waals surface area contributed by atoms with E-state index in [0.29, 0.717) is 5.56 Å². The van der Waals surface area contributed by atoms with Gasteiger partial charge in [-0.1, -0.05) is 22.8 Å². The molecule has 0 aliphatic heterocycles. The van der Waals surface area contributed by atoms with Crippen molar-refractivity contribution in [3.8, 4) is 28.7 Å². The fraction of sp³-hybridized carbons (Fsp3) is 0.0526. The molecule has 0 aliphatic rings. The highest BCUT2D eigenvalue weighted by atomic mass is 35.5. The molecule has 0 saturated carbocycles. The van der Waals surface area contributed by atoms with Crippen LogP contribution in [0.1, 0.15) is 0 Å². The molecule has 9 heteroatoms. The lowest BCUT2D eigenvalue weighted by Crippen LogP contribution is -2.12. The van der Waals surface area contributed by atoms with E-state index >= 15 is 0 Å². The van der Waals surface area contributed by atoms with Crippen molar-refractivity contribution in [1.82, 2.24) is 19.9 Å². The maximum atomic E-state index is 13.7. The minimum atomic E-state index is -0.598. The molecule has 0 aliphatic carbocycles. The molecule has 0 unspecified atom stereocenters. The number of rotatable bonds is 4. The van der Waals surface area contributed by atoms with E-state index in [-0.39, 0.29) is 27.9 Å². The summed E-state index contributed by atoms with van der Waals surface area (Å²) in [5.41, 5.74) is 0.799. The van der Waals surface area contributed by atoms with E-state index in [1.165, 1.54) is 18.2 Å². The van der Waals surface area contributed by atoms with Crippen molar-refractivity contribution in [2.24, 2.45) is 0 Å². The largest absolute Gasteiger partial charge is 0.332 e. The van der Waals surface area contributed by atoms with Crippen molar-refractivity contribution in [2.45, 2.75) is 4.90 Å². The molecule has 4 rings (SSSR count). The third-order valence-corrected chi connectivity index (χ3v) is 4.96. The Labute approximate surface area is 168 Å². The molecule has 0 saturated heterocycles. The predicted molar refractivity (Wildman–Crippen MR) is 105 cm³/mol. The monoisotopic (exact) mass is 414 g/mol. The molecule has 28 heavy (non-hydrogen) atoms. The van der Waals surface area contributed by atoms with Crippen molar-refractivity contribution < 1.29 is 8.91 Å². The molecule has 0 radical (unpaired) electrons. The summed E-state index contributed by atoms with van der Waals surface area (Å²) in [6.45, 7) is 0. The van der Waals surface area contributed by atoms with E-state index in [0.717, 1.165) is 10.6 Å². The van der Waals surface area contributed by atoms with Crippen LogP contribution in [0.2, 0.25) is 5.02 Å². The van der Waals surface area contributed by atoms with Gasteiger partial charge in [0.05, 0.1) is 10.7 Å². The van der Waals surface area contributed by atoms with Crippen LogP contribution < -0.4 is 5.43 Å². The summed E-state index contributed by atoms with van der Waals surface area (Å²) in [4.78, 5) is 17.5. The van der Waals surface area contributed by atoms with Crippen LogP contribution in [0.25, 0.3) is 28.7 Å². The lowest BCUT2D eigenvalue weighted by Gasteiger charge is -2.07. The van der Waals surface area contributed by atoms with Gasteiger partial charge in [0.2, 0.25) is 11.3 Å². The third-order valence-electron chi connectivity index (χ3n) is 3.93. The van der Waals surface area contributed by atoms with Crippen LogP contribution in [-0.2, 0) is 0 Å². The molecule has 4 aromatic rings. The van der Waals surface area contributed by atoms with Crippen LogP contribution in [0.5, 0.6) is 0 Å². The topological polar surface area (TPSA) is 73.8 Å². The minimum Gasteiger partial charge on any atom is -0.332 e. The first-order valence-corrected chi connectivity index (χ1v) is 9.69. The van der Waals surface area contributed by atoms with Crippen LogP contribution >= 0.6 is 23.4 Å². The molecule has 0 N–H and O–H groups in total. The zero-order chi connectivity index (χ0) is 19.7. The number of halogens is 2. The second-order valence-electron chi connectivity index (χ2n) is 5.73. The first-order chi connectivity index (χ1) is 13.5. The zero-order valence-electron chi connectivity index (χ0n) is 14.5. The lowest BCUT2D eigenvalue weighted by atomic mass is 10.2. The Kier molecular flexibility index (Phi) is 4.97. The first-order valence-electron chi connectivity index (χ1n) is 8.09. The van der Waals surface area contributed by atoms with Gasteiger partial charge >= 0.3 is 0 Å². The van der Waals surface area contributed by atoms with Crippen molar-refractivity contribution in [1.29, 1.82) is 0 Å². The van der Waals surface area contributed by atoms with Gasteiger partial charge in [0.15, 0.2) is 5.69 Å². The molecule has 2 heterocycles. The smallest absolute Gasteiger partial charge is 0.282 e. The highest BCUT2D eigenvalue weighted by molar-refractivity contribution is 7.98. The molecule has 0 spiro atoms. The van der Waals surface area contributed by atoms with Gasteiger partial charge in [-0.3, -0.25) is 4.79 Å².